The van der Waals surface area contributed by atoms with Gasteiger partial charge in [0.1, 0.15) is 6.04 Å². The SMILES string of the molecule is CC(NC(=O)C(C)(C)C)C(=O)NCCCCCO. The second kappa shape index (κ2) is 8.08. The summed E-state index contributed by atoms with van der Waals surface area (Å²) in [7, 11) is 0. The standard InChI is InChI=1S/C13H26N2O3/c1-10(15-12(18)13(2,3)4)11(17)14-8-6-5-7-9-16/h10,16H,5-9H2,1-4H3,(H,14,17)(H,15,18). The first-order valence-corrected chi connectivity index (χ1v) is 6.48. The van der Waals surface area contributed by atoms with Crippen LogP contribution >= 0.6 is 0 Å². The molecular formula is C13H26N2O3. The zero-order valence-corrected chi connectivity index (χ0v) is 11.9. The Morgan fingerprint density at radius 1 is 1.17 bits per heavy atom. The van der Waals surface area contributed by atoms with Crippen molar-refractivity contribution in [2.45, 2.75) is 53.0 Å². The van der Waals surface area contributed by atoms with E-state index in [-0.39, 0.29) is 18.4 Å². The minimum absolute atomic E-state index is 0.134. The molecule has 106 valence electrons. The van der Waals surface area contributed by atoms with Crippen LogP contribution in [0.3, 0.4) is 0 Å². The lowest BCUT2D eigenvalue weighted by Crippen LogP contribution is -2.48. The molecule has 0 saturated heterocycles. The molecule has 1 atom stereocenters. The second-order valence-corrected chi connectivity index (χ2v) is 5.52. The Morgan fingerprint density at radius 3 is 2.28 bits per heavy atom. The van der Waals surface area contributed by atoms with Crippen LogP contribution in [0.4, 0.5) is 0 Å². The van der Waals surface area contributed by atoms with Crippen LogP contribution in [0.15, 0.2) is 0 Å². The van der Waals surface area contributed by atoms with Crippen molar-refractivity contribution in [1.82, 2.24) is 10.6 Å². The van der Waals surface area contributed by atoms with E-state index < -0.39 is 11.5 Å². The van der Waals surface area contributed by atoms with Crippen molar-refractivity contribution < 1.29 is 14.7 Å². The number of nitrogens with one attached hydrogen (secondary N) is 2. The molecule has 0 aromatic rings. The molecule has 0 aromatic heterocycles. The average molecular weight is 258 g/mol. The first-order valence-electron chi connectivity index (χ1n) is 6.48. The molecule has 0 aliphatic rings. The van der Waals surface area contributed by atoms with Crippen LogP contribution in [0.25, 0.3) is 0 Å². The summed E-state index contributed by atoms with van der Waals surface area (Å²) in [4.78, 5) is 23.3. The predicted octanol–water partition coefficient (Wildman–Crippen LogP) is 0.816. The van der Waals surface area contributed by atoms with Gasteiger partial charge in [0, 0.05) is 18.6 Å². The summed E-state index contributed by atoms with van der Waals surface area (Å²) in [6.07, 6.45) is 2.48. The fourth-order valence-corrected chi connectivity index (χ4v) is 1.26. The molecule has 1 unspecified atom stereocenters. The fraction of sp³-hybridized carbons (Fsp3) is 0.846. The minimum Gasteiger partial charge on any atom is -0.396 e. The van der Waals surface area contributed by atoms with E-state index >= 15 is 0 Å². The van der Waals surface area contributed by atoms with Gasteiger partial charge in [0.15, 0.2) is 0 Å². The van der Waals surface area contributed by atoms with E-state index in [1.54, 1.807) is 6.92 Å². The van der Waals surface area contributed by atoms with Gasteiger partial charge in [0.25, 0.3) is 0 Å². The number of aliphatic hydroxyl groups is 1. The topological polar surface area (TPSA) is 78.4 Å². The van der Waals surface area contributed by atoms with Crippen LogP contribution in [-0.4, -0.2) is 36.1 Å². The molecule has 0 saturated carbocycles. The largest absolute Gasteiger partial charge is 0.396 e. The first kappa shape index (κ1) is 16.9. The molecule has 0 radical (unpaired) electrons. The van der Waals surface area contributed by atoms with E-state index in [9.17, 15) is 9.59 Å². The number of aliphatic hydroxyl groups excluding tert-OH is 1. The molecule has 0 aliphatic carbocycles. The molecule has 0 heterocycles. The van der Waals surface area contributed by atoms with Gasteiger partial charge in [-0.2, -0.15) is 0 Å². The molecule has 0 aliphatic heterocycles. The lowest BCUT2D eigenvalue weighted by Gasteiger charge is -2.21. The summed E-state index contributed by atoms with van der Waals surface area (Å²) in [5.74, 6) is -0.304. The highest BCUT2D eigenvalue weighted by Crippen LogP contribution is 2.12. The van der Waals surface area contributed by atoms with Crippen LogP contribution in [0.5, 0.6) is 0 Å². The van der Waals surface area contributed by atoms with Crippen molar-refractivity contribution in [3.05, 3.63) is 0 Å². The van der Waals surface area contributed by atoms with E-state index in [4.69, 9.17) is 5.11 Å². The Morgan fingerprint density at radius 2 is 1.78 bits per heavy atom. The molecule has 0 aromatic carbocycles. The van der Waals surface area contributed by atoms with Gasteiger partial charge in [-0.1, -0.05) is 20.8 Å². The molecule has 0 spiro atoms. The van der Waals surface area contributed by atoms with Gasteiger partial charge in [-0.25, -0.2) is 0 Å². The Labute approximate surface area is 109 Å². The van der Waals surface area contributed by atoms with Gasteiger partial charge < -0.3 is 15.7 Å². The van der Waals surface area contributed by atoms with E-state index in [2.05, 4.69) is 10.6 Å². The highest BCUT2D eigenvalue weighted by Gasteiger charge is 2.24. The number of rotatable bonds is 7. The zero-order chi connectivity index (χ0) is 14.2. The maximum Gasteiger partial charge on any atom is 0.242 e. The smallest absolute Gasteiger partial charge is 0.242 e. The minimum atomic E-state index is -0.519. The van der Waals surface area contributed by atoms with Crippen molar-refractivity contribution in [2.24, 2.45) is 5.41 Å². The van der Waals surface area contributed by atoms with Crippen LogP contribution in [-0.2, 0) is 9.59 Å². The van der Waals surface area contributed by atoms with Crippen LogP contribution < -0.4 is 10.6 Å². The molecule has 0 fully saturated rings. The molecule has 3 N–H and O–H groups in total. The van der Waals surface area contributed by atoms with Crippen molar-refractivity contribution in [1.29, 1.82) is 0 Å². The Bertz CT molecular complexity index is 272. The van der Waals surface area contributed by atoms with Gasteiger partial charge in [-0.15, -0.1) is 0 Å². The highest BCUT2D eigenvalue weighted by atomic mass is 16.3. The lowest BCUT2D eigenvalue weighted by atomic mass is 9.95. The second-order valence-electron chi connectivity index (χ2n) is 5.52. The van der Waals surface area contributed by atoms with Crippen molar-refractivity contribution in [2.75, 3.05) is 13.2 Å². The van der Waals surface area contributed by atoms with Crippen LogP contribution in [0, 0.1) is 5.41 Å². The van der Waals surface area contributed by atoms with Crippen LogP contribution in [0.2, 0.25) is 0 Å². The van der Waals surface area contributed by atoms with E-state index in [0.717, 1.165) is 19.3 Å². The normalized spacial score (nSPS) is 12.9. The Kier molecular flexibility index (Phi) is 7.59. The summed E-state index contributed by atoms with van der Waals surface area (Å²) < 4.78 is 0. The van der Waals surface area contributed by atoms with Gasteiger partial charge in [-0.05, 0) is 26.2 Å². The maximum atomic E-state index is 11.7. The third-order valence-corrected chi connectivity index (χ3v) is 2.56. The molecule has 5 nitrogen and oxygen atoms in total. The molecule has 0 bridgehead atoms. The number of hydrogen-bond donors (Lipinski definition) is 3. The monoisotopic (exact) mass is 258 g/mol. The van der Waals surface area contributed by atoms with E-state index in [0.29, 0.717) is 6.54 Å². The molecule has 2 amide bonds. The molecule has 5 heteroatoms. The number of carbonyl (C=O) groups excluding carboxylic acids is 2. The quantitative estimate of drug-likeness (QED) is 0.591. The van der Waals surface area contributed by atoms with Crippen molar-refractivity contribution >= 4 is 11.8 Å². The number of amides is 2. The molecule has 18 heavy (non-hydrogen) atoms. The van der Waals surface area contributed by atoms with Gasteiger partial charge in [0.05, 0.1) is 0 Å². The highest BCUT2D eigenvalue weighted by molar-refractivity contribution is 5.89. The van der Waals surface area contributed by atoms with E-state index in [1.165, 1.54) is 0 Å². The van der Waals surface area contributed by atoms with Gasteiger partial charge >= 0.3 is 0 Å². The van der Waals surface area contributed by atoms with Gasteiger partial charge in [-0.3, -0.25) is 9.59 Å². The summed E-state index contributed by atoms with van der Waals surface area (Å²) >= 11 is 0. The fourth-order valence-electron chi connectivity index (χ4n) is 1.26. The third-order valence-electron chi connectivity index (χ3n) is 2.56. The van der Waals surface area contributed by atoms with Crippen LogP contribution in [0.1, 0.15) is 47.0 Å². The van der Waals surface area contributed by atoms with Crippen molar-refractivity contribution in [3.63, 3.8) is 0 Å². The van der Waals surface area contributed by atoms with Gasteiger partial charge in [0.2, 0.25) is 11.8 Å². The maximum absolute atomic E-state index is 11.7. The average Bonchev–Trinajstić information content (AvgIpc) is 2.27. The Balaban J connectivity index is 3.87. The summed E-state index contributed by atoms with van der Waals surface area (Å²) in [5, 5.41) is 14.0. The first-order chi connectivity index (χ1) is 8.29. The van der Waals surface area contributed by atoms with Crippen molar-refractivity contribution in [3.8, 4) is 0 Å². The molecular weight excluding hydrogens is 232 g/mol. The number of unbranched alkanes of at least 4 members (excludes halogenated alkanes) is 2. The van der Waals surface area contributed by atoms with E-state index in [1.807, 2.05) is 20.8 Å². The summed E-state index contributed by atoms with van der Waals surface area (Å²) in [6.45, 7) is 7.86. The molecule has 0 rings (SSSR count). The summed E-state index contributed by atoms with van der Waals surface area (Å²) in [6, 6.07) is -0.519. The Hall–Kier alpha value is -1.10. The zero-order valence-electron chi connectivity index (χ0n) is 11.9. The summed E-state index contributed by atoms with van der Waals surface area (Å²) in [5.41, 5.74) is -0.490. The lowest BCUT2D eigenvalue weighted by molar-refractivity contribution is -0.133. The third kappa shape index (κ3) is 7.27. The predicted molar refractivity (Wildman–Crippen MR) is 71.0 cm³/mol. The number of carbonyl (C=O) groups is 2. The number of hydrogen-bond acceptors (Lipinski definition) is 3.